The van der Waals surface area contributed by atoms with Crippen LogP contribution >= 0.6 is 0 Å². The molecular weight excluding hydrogens is 502 g/mol. The first-order chi connectivity index (χ1) is 19.6. The second kappa shape index (κ2) is 14.1. The molecule has 2 amide bonds. The second-order valence-corrected chi connectivity index (χ2v) is 10.7. The minimum atomic E-state index is -0.337. The zero-order valence-corrected chi connectivity index (χ0v) is 23.1. The van der Waals surface area contributed by atoms with Crippen LogP contribution in [0.25, 0.3) is 0 Å². The molecule has 210 valence electrons. The van der Waals surface area contributed by atoms with E-state index < -0.39 is 0 Å². The van der Waals surface area contributed by atoms with E-state index >= 15 is 0 Å². The van der Waals surface area contributed by atoms with E-state index in [-0.39, 0.29) is 12.0 Å². The van der Waals surface area contributed by atoms with Gasteiger partial charge in [0.1, 0.15) is 5.75 Å². The number of anilines is 1. The molecule has 8 heteroatoms. The summed E-state index contributed by atoms with van der Waals surface area (Å²) in [6, 6.07) is 18.8. The molecule has 0 atom stereocenters. The number of hydrogen-bond donors (Lipinski definition) is 1. The molecule has 2 fully saturated rings. The van der Waals surface area contributed by atoms with Crippen molar-refractivity contribution in [1.29, 1.82) is 0 Å². The number of piperidine rings is 1. The fraction of sp³-hybridized carbons (Fsp3) is 0.406. The predicted molar refractivity (Wildman–Crippen MR) is 157 cm³/mol. The van der Waals surface area contributed by atoms with Crippen molar-refractivity contribution in [2.45, 2.75) is 38.6 Å². The van der Waals surface area contributed by atoms with Crippen LogP contribution in [-0.2, 0) is 13.0 Å². The number of carbonyl (C=O) groups excluding carboxylic acids is 2. The molecule has 1 N–H and O–H groups in total. The molecule has 2 aliphatic heterocycles. The SMILES string of the molecule is O=C(Nc1ccc(OC(=O)N2CCN(CCCc3cccnc3)CC2)cc1)c1ccc(CN2CCCCC2)cc1. The Balaban J connectivity index is 1.02. The van der Waals surface area contributed by atoms with Crippen LogP contribution in [0.3, 0.4) is 0 Å². The number of ether oxygens (including phenoxy) is 1. The predicted octanol–water partition coefficient (Wildman–Crippen LogP) is 5.07. The number of rotatable bonds is 9. The molecule has 1 aromatic heterocycles. The van der Waals surface area contributed by atoms with Crippen LogP contribution in [0.15, 0.2) is 73.1 Å². The Labute approximate surface area is 236 Å². The van der Waals surface area contributed by atoms with Gasteiger partial charge in [-0.15, -0.1) is 0 Å². The van der Waals surface area contributed by atoms with Gasteiger partial charge in [0.15, 0.2) is 0 Å². The molecule has 0 unspecified atom stereocenters. The summed E-state index contributed by atoms with van der Waals surface area (Å²) in [7, 11) is 0. The topological polar surface area (TPSA) is 78.0 Å². The van der Waals surface area contributed by atoms with Crippen molar-refractivity contribution in [3.63, 3.8) is 0 Å². The number of hydrogen-bond acceptors (Lipinski definition) is 6. The van der Waals surface area contributed by atoms with E-state index in [4.69, 9.17) is 4.74 Å². The molecular formula is C32H39N5O3. The van der Waals surface area contributed by atoms with Crippen LogP contribution in [-0.4, -0.2) is 77.5 Å². The molecule has 2 saturated heterocycles. The van der Waals surface area contributed by atoms with Gasteiger partial charge >= 0.3 is 6.09 Å². The number of nitrogens with zero attached hydrogens (tertiary/aromatic N) is 4. The number of amides is 2. The lowest BCUT2D eigenvalue weighted by Crippen LogP contribution is -2.49. The maximum atomic E-state index is 12.7. The summed E-state index contributed by atoms with van der Waals surface area (Å²) in [5, 5.41) is 2.93. The number of aromatic nitrogens is 1. The first-order valence-electron chi connectivity index (χ1n) is 14.4. The van der Waals surface area contributed by atoms with Crippen LogP contribution in [0, 0.1) is 0 Å². The van der Waals surface area contributed by atoms with Crippen molar-refractivity contribution in [3.05, 3.63) is 89.7 Å². The molecule has 0 radical (unpaired) electrons. The summed E-state index contributed by atoms with van der Waals surface area (Å²) in [6.07, 6.45) is 9.32. The zero-order valence-electron chi connectivity index (χ0n) is 23.1. The molecule has 40 heavy (non-hydrogen) atoms. The van der Waals surface area contributed by atoms with E-state index in [0.29, 0.717) is 30.1 Å². The summed E-state index contributed by atoms with van der Waals surface area (Å²) >= 11 is 0. The van der Waals surface area contributed by atoms with E-state index in [9.17, 15) is 9.59 Å². The number of nitrogens with one attached hydrogen (secondary N) is 1. The molecule has 0 saturated carbocycles. The van der Waals surface area contributed by atoms with Crippen LogP contribution < -0.4 is 10.1 Å². The highest BCUT2D eigenvalue weighted by atomic mass is 16.6. The van der Waals surface area contributed by atoms with Crippen LogP contribution in [0.5, 0.6) is 5.75 Å². The van der Waals surface area contributed by atoms with Gasteiger partial charge < -0.3 is 15.0 Å². The van der Waals surface area contributed by atoms with E-state index in [0.717, 1.165) is 52.1 Å². The molecule has 8 nitrogen and oxygen atoms in total. The zero-order chi connectivity index (χ0) is 27.6. The highest BCUT2D eigenvalue weighted by Gasteiger charge is 2.22. The fourth-order valence-corrected chi connectivity index (χ4v) is 5.32. The Hall–Kier alpha value is -3.75. The van der Waals surface area contributed by atoms with Crippen molar-refractivity contribution in [2.24, 2.45) is 0 Å². The lowest BCUT2D eigenvalue weighted by Gasteiger charge is -2.34. The third kappa shape index (κ3) is 8.13. The van der Waals surface area contributed by atoms with E-state index in [1.807, 2.05) is 36.5 Å². The average Bonchev–Trinajstić information content (AvgIpc) is 3.00. The van der Waals surface area contributed by atoms with Crippen LogP contribution in [0.2, 0.25) is 0 Å². The molecule has 0 spiro atoms. The van der Waals surface area contributed by atoms with Crippen molar-refractivity contribution in [2.75, 3.05) is 51.1 Å². The number of likely N-dealkylation sites (tertiary alicyclic amines) is 1. The summed E-state index contributed by atoms with van der Waals surface area (Å²) in [5.41, 5.74) is 3.76. The van der Waals surface area contributed by atoms with Crippen molar-refractivity contribution >= 4 is 17.7 Å². The van der Waals surface area contributed by atoms with Gasteiger partial charge in [-0.2, -0.15) is 0 Å². The summed E-state index contributed by atoms with van der Waals surface area (Å²) < 4.78 is 5.59. The van der Waals surface area contributed by atoms with Gasteiger partial charge in [0.2, 0.25) is 0 Å². The second-order valence-electron chi connectivity index (χ2n) is 10.7. The normalized spacial score (nSPS) is 16.4. The smallest absolute Gasteiger partial charge is 0.410 e. The van der Waals surface area contributed by atoms with Gasteiger partial charge in [-0.25, -0.2) is 4.79 Å². The van der Waals surface area contributed by atoms with Gasteiger partial charge in [-0.05, 0) is 98.9 Å². The Morgan fingerprint density at radius 3 is 2.25 bits per heavy atom. The number of carbonyl (C=O) groups is 2. The minimum Gasteiger partial charge on any atom is -0.410 e. The monoisotopic (exact) mass is 541 g/mol. The molecule has 0 bridgehead atoms. The quantitative estimate of drug-likeness (QED) is 0.408. The van der Waals surface area contributed by atoms with Gasteiger partial charge in [0, 0.05) is 56.4 Å². The number of pyridine rings is 1. The molecule has 2 aliphatic rings. The first-order valence-corrected chi connectivity index (χ1v) is 14.4. The Bertz CT molecular complexity index is 1220. The Kier molecular flexibility index (Phi) is 9.77. The third-order valence-electron chi connectivity index (χ3n) is 7.68. The average molecular weight is 542 g/mol. The van der Waals surface area contributed by atoms with Crippen molar-refractivity contribution in [3.8, 4) is 5.75 Å². The minimum absolute atomic E-state index is 0.160. The lowest BCUT2D eigenvalue weighted by atomic mass is 10.1. The summed E-state index contributed by atoms with van der Waals surface area (Å²) in [5.74, 6) is 0.302. The van der Waals surface area contributed by atoms with Crippen LogP contribution in [0.4, 0.5) is 10.5 Å². The van der Waals surface area contributed by atoms with E-state index in [1.165, 1.54) is 30.4 Å². The highest BCUT2D eigenvalue weighted by molar-refractivity contribution is 6.04. The lowest BCUT2D eigenvalue weighted by molar-refractivity contribution is 0.102. The van der Waals surface area contributed by atoms with Crippen molar-refractivity contribution < 1.29 is 14.3 Å². The Morgan fingerprint density at radius 1 is 0.800 bits per heavy atom. The number of aryl methyl sites for hydroxylation is 1. The summed E-state index contributed by atoms with van der Waals surface area (Å²) in [6.45, 7) is 7.22. The molecule has 0 aliphatic carbocycles. The van der Waals surface area contributed by atoms with E-state index in [1.54, 1.807) is 35.4 Å². The number of benzene rings is 2. The maximum absolute atomic E-state index is 12.7. The Morgan fingerprint density at radius 2 is 1.55 bits per heavy atom. The number of piperazine rings is 1. The summed E-state index contributed by atoms with van der Waals surface area (Å²) in [4.78, 5) is 36.2. The maximum Gasteiger partial charge on any atom is 0.415 e. The van der Waals surface area contributed by atoms with Crippen molar-refractivity contribution in [1.82, 2.24) is 19.7 Å². The largest absolute Gasteiger partial charge is 0.415 e. The van der Waals surface area contributed by atoms with Gasteiger partial charge in [0.05, 0.1) is 0 Å². The molecule has 5 rings (SSSR count). The molecule has 2 aromatic carbocycles. The molecule has 3 aromatic rings. The molecule has 3 heterocycles. The van der Waals surface area contributed by atoms with Gasteiger partial charge in [-0.1, -0.05) is 24.6 Å². The first kappa shape index (κ1) is 27.8. The van der Waals surface area contributed by atoms with Crippen LogP contribution in [0.1, 0.15) is 47.2 Å². The van der Waals surface area contributed by atoms with E-state index in [2.05, 4.69) is 26.2 Å². The third-order valence-corrected chi connectivity index (χ3v) is 7.68. The fourth-order valence-electron chi connectivity index (χ4n) is 5.32. The van der Waals surface area contributed by atoms with Gasteiger partial charge in [-0.3, -0.25) is 19.6 Å². The standard InChI is InChI=1S/C32H39N5O3/c38-31(28-10-8-27(9-11-28)25-36-17-2-1-3-18-36)34-29-12-14-30(15-13-29)40-32(39)37-22-20-35(21-23-37)19-5-7-26-6-4-16-33-24-26/h4,6,8-16,24H,1-3,5,7,17-23,25H2,(H,34,38). The highest BCUT2D eigenvalue weighted by Crippen LogP contribution is 2.19. The van der Waals surface area contributed by atoms with Gasteiger partial charge in [0.25, 0.3) is 5.91 Å².